The number of halogens is 3. The summed E-state index contributed by atoms with van der Waals surface area (Å²) in [6.45, 7) is 4.83. The van der Waals surface area contributed by atoms with Gasteiger partial charge in [0.2, 0.25) is 0 Å². The maximum atomic E-state index is 13.5. The molecule has 0 aromatic heterocycles. The molecular weight excluding hydrogens is 374 g/mol. The first-order valence-electron chi connectivity index (χ1n) is 9.81. The van der Waals surface area contributed by atoms with Crippen molar-refractivity contribution in [2.24, 2.45) is 40.2 Å². The molecule has 0 aliphatic heterocycles. The Morgan fingerprint density at radius 3 is 2.37 bits per heavy atom. The molecular formula is C20H38ClF2N2O2+. The van der Waals surface area contributed by atoms with Crippen LogP contribution in [0.5, 0.6) is 0 Å². The van der Waals surface area contributed by atoms with Gasteiger partial charge in [-0.2, -0.15) is 8.78 Å². The number of fused-ring (bicyclic) bond motifs is 1. The third kappa shape index (κ3) is 3.93. The molecule has 3 saturated carbocycles. The topological polar surface area (TPSA) is 103 Å². The van der Waals surface area contributed by atoms with E-state index in [1.165, 1.54) is 0 Å². The Bertz CT molecular complexity index is 546. The van der Waals surface area contributed by atoms with E-state index in [1.807, 2.05) is 6.92 Å². The minimum Gasteiger partial charge on any atom is -0.396 e. The Kier molecular flexibility index (Phi) is 8.29. The van der Waals surface area contributed by atoms with Crippen molar-refractivity contribution < 1.29 is 19.0 Å². The second-order valence-corrected chi connectivity index (χ2v) is 9.16. The van der Waals surface area contributed by atoms with Gasteiger partial charge in [-0.15, -0.1) is 12.4 Å². The van der Waals surface area contributed by atoms with Crippen LogP contribution in [0, 0.1) is 34.5 Å². The number of nitrogens with two attached hydrogens (primary N) is 1. The molecule has 2 unspecified atom stereocenters. The zero-order valence-corrected chi connectivity index (χ0v) is 17.7. The Balaban J connectivity index is 0.00000182. The van der Waals surface area contributed by atoms with Gasteiger partial charge in [-0.1, -0.05) is 13.8 Å². The van der Waals surface area contributed by atoms with Gasteiger partial charge in [0.05, 0.1) is 6.10 Å². The highest BCUT2D eigenvalue weighted by Gasteiger charge is 2.57. The van der Waals surface area contributed by atoms with Crippen LogP contribution >= 0.6 is 12.4 Å². The maximum Gasteiger partial charge on any atom is 0.270 e. The second kappa shape index (κ2) is 9.04. The van der Waals surface area contributed by atoms with E-state index >= 15 is 0 Å². The summed E-state index contributed by atoms with van der Waals surface area (Å²) in [5.41, 5.74) is 6.07. The van der Waals surface area contributed by atoms with Gasteiger partial charge in [0, 0.05) is 12.2 Å². The molecule has 0 spiro atoms. The third-order valence-corrected chi connectivity index (χ3v) is 8.29. The average Bonchev–Trinajstić information content (AvgIpc) is 2.93. The molecule has 7 heteroatoms. The lowest BCUT2D eigenvalue weighted by molar-refractivity contribution is -0.0920. The van der Waals surface area contributed by atoms with Crippen LogP contribution in [0.1, 0.15) is 58.8 Å². The highest BCUT2D eigenvalue weighted by atomic mass is 35.5. The number of aliphatic hydroxyl groups is 2. The van der Waals surface area contributed by atoms with Gasteiger partial charge < -0.3 is 22.1 Å². The van der Waals surface area contributed by atoms with E-state index in [1.54, 1.807) is 0 Å². The van der Waals surface area contributed by atoms with E-state index < -0.39 is 11.5 Å². The summed E-state index contributed by atoms with van der Waals surface area (Å²) >= 11 is 0. The molecule has 27 heavy (non-hydrogen) atoms. The van der Waals surface area contributed by atoms with Crippen molar-refractivity contribution in [2.45, 2.75) is 64.9 Å². The van der Waals surface area contributed by atoms with Gasteiger partial charge in [0.25, 0.3) is 6.08 Å². The zero-order chi connectivity index (χ0) is 18.4. The molecule has 0 amide bonds. The summed E-state index contributed by atoms with van der Waals surface area (Å²) in [4.78, 5) is 0. The molecule has 0 aromatic carbocycles. The number of rotatable bonds is 3. The molecule has 8 N–H and O–H groups in total. The summed E-state index contributed by atoms with van der Waals surface area (Å²) in [6, 6.07) is 0. The lowest BCUT2D eigenvalue weighted by Crippen LogP contribution is -2.52. The largest absolute Gasteiger partial charge is 0.396 e. The van der Waals surface area contributed by atoms with E-state index in [-0.39, 0.29) is 54.4 Å². The Hall–Kier alpha value is -0.270. The monoisotopic (exact) mass is 411 g/mol. The lowest BCUT2D eigenvalue weighted by atomic mass is 9.49. The van der Waals surface area contributed by atoms with Gasteiger partial charge in [-0.25, -0.2) is 0 Å². The third-order valence-electron chi connectivity index (χ3n) is 8.29. The molecule has 0 bridgehead atoms. The van der Waals surface area contributed by atoms with E-state index in [2.05, 4.69) is 6.92 Å². The van der Waals surface area contributed by atoms with Crippen molar-refractivity contribution in [3.8, 4) is 0 Å². The molecule has 7 atom stereocenters. The first-order valence-corrected chi connectivity index (χ1v) is 9.81. The minimum atomic E-state index is -1.49. The maximum absolute atomic E-state index is 13.5. The van der Waals surface area contributed by atoms with E-state index in [0.29, 0.717) is 30.9 Å². The average molecular weight is 412 g/mol. The van der Waals surface area contributed by atoms with Crippen molar-refractivity contribution in [3.63, 3.8) is 0 Å². The molecule has 3 aliphatic carbocycles. The van der Waals surface area contributed by atoms with Crippen LogP contribution in [-0.2, 0) is 0 Å². The normalized spacial score (nSPS) is 44.1. The molecule has 0 saturated heterocycles. The van der Waals surface area contributed by atoms with Gasteiger partial charge >= 0.3 is 0 Å². The summed E-state index contributed by atoms with van der Waals surface area (Å²) in [7, 11) is 0. The van der Waals surface area contributed by atoms with Crippen LogP contribution in [0.3, 0.4) is 0 Å². The fourth-order valence-electron chi connectivity index (χ4n) is 6.73. The predicted molar refractivity (Wildman–Crippen MR) is 107 cm³/mol. The van der Waals surface area contributed by atoms with Crippen LogP contribution in [0.4, 0.5) is 8.78 Å². The summed E-state index contributed by atoms with van der Waals surface area (Å²) in [5, 5.41) is 20.0. The minimum absolute atomic E-state index is 0. The SMILES string of the molecule is C[C@@]12CCC([C@@]3(C)CC[C@H](O)C[C@@H]3CO)[C@H](CN)C1CCC2=C(F)F.Cl.[NH4+]. The Morgan fingerprint density at radius 1 is 1.15 bits per heavy atom. The number of hydrogen-bond acceptors (Lipinski definition) is 3. The zero-order valence-electron chi connectivity index (χ0n) is 16.9. The molecule has 160 valence electrons. The molecule has 0 heterocycles. The molecule has 3 fully saturated rings. The fourth-order valence-corrected chi connectivity index (χ4v) is 6.73. The van der Waals surface area contributed by atoms with Gasteiger partial charge in [-0.05, 0) is 86.0 Å². The lowest BCUT2D eigenvalue weighted by Gasteiger charge is -2.56. The fraction of sp³-hybridized carbons (Fsp3) is 0.900. The van der Waals surface area contributed by atoms with Crippen molar-refractivity contribution in [1.82, 2.24) is 6.15 Å². The summed E-state index contributed by atoms with van der Waals surface area (Å²) in [6.07, 6.45) is 3.40. The first kappa shape index (κ1) is 24.8. The van der Waals surface area contributed by atoms with Crippen LogP contribution in [0.25, 0.3) is 0 Å². The molecule has 3 rings (SSSR count). The van der Waals surface area contributed by atoms with E-state index in [9.17, 15) is 19.0 Å². The predicted octanol–water partition coefficient (Wildman–Crippen LogP) is 4.50. The van der Waals surface area contributed by atoms with E-state index in [4.69, 9.17) is 5.73 Å². The number of aliphatic hydroxyl groups excluding tert-OH is 2. The quantitative estimate of drug-likeness (QED) is 0.549. The van der Waals surface area contributed by atoms with Crippen LogP contribution in [0.2, 0.25) is 0 Å². The number of allylic oxidation sites excluding steroid dienone is 1. The van der Waals surface area contributed by atoms with Gasteiger partial charge in [0.15, 0.2) is 0 Å². The first-order chi connectivity index (χ1) is 11.8. The molecule has 4 nitrogen and oxygen atoms in total. The Labute approximate surface area is 168 Å². The van der Waals surface area contributed by atoms with Crippen molar-refractivity contribution >= 4 is 12.4 Å². The number of hydrogen-bond donors (Lipinski definition) is 4. The second-order valence-electron chi connectivity index (χ2n) is 9.16. The number of quaternary nitrogens is 1. The van der Waals surface area contributed by atoms with E-state index in [0.717, 1.165) is 32.1 Å². The van der Waals surface area contributed by atoms with Crippen LogP contribution < -0.4 is 11.9 Å². The highest BCUT2D eigenvalue weighted by molar-refractivity contribution is 5.85. The van der Waals surface area contributed by atoms with Gasteiger partial charge in [0.1, 0.15) is 0 Å². The molecule has 3 aliphatic rings. The van der Waals surface area contributed by atoms with Crippen molar-refractivity contribution in [2.75, 3.05) is 13.2 Å². The summed E-state index contributed by atoms with van der Waals surface area (Å²) in [5.74, 6) is 0.817. The van der Waals surface area contributed by atoms with Crippen LogP contribution in [0.15, 0.2) is 11.7 Å². The Morgan fingerprint density at radius 2 is 1.81 bits per heavy atom. The standard InChI is InChI=1S/C20H33F2NO2.ClH.H3N/c1-19(7-5-13(25)9-12(19)11-24)16-6-8-20(2)15(14(16)10-23)3-4-17(20)18(21)22;;/h12-16,24-25H,3-11,23H2,1-2H3;1H;1H3/p+1/t12-,13+,14-,15?,16?,19+,20-;;/m1../s1. The van der Waals surface area contributed by atoms with Gasteiger partial charge in [-0.3, -0.25) is 0 Å². The smallest absolute Gasteiger partial charge is 0.270 e. The summed E-state index contributed by atoms with van der Waals surface area (Å²) < 4.78 is 26.9. The van der Waals surface area contributed by atoms with Crippen molar-refractivity contribution in [3.05, 3.63) is 11.7 Å². The van der Waals surface area contributed by atoms with Crippen molar-refractivity contribution in [1.29, 1.82) is 0 Å². The molecule has 0 radical (unpaired) electrons. The van der Waals surface area contributed by atoms with Crippen LogP contribution in [-0.4, -0.2) is 29.5 Å². The highest BCUT2D eigenvalue weighted by Crippen LogP contribution is 2.64. The molecule has 0 aromatic rings.